The maximum atomic E-state index is 13.0. The second kappa shape index (κ2) is 11.1. The lowest BCUT2D eigenvalue weighted by Crippen LogP contribution is -2.24. The van der Waals surface area contributed by atoms with Gasteiger partial charge in [0.15, 0.2) is 22.5 Å². The van der Waals surface area contributed by atoms with E-state index in [9.17, 15) is 4.79 Å². The Morgan fingerprint density at radius 3 is 2.29 bits per heavy atom. The number of nitrogens with zero attached hydrogens (tertiary/aromatic N) is 3. The molecule has 0 saturated heterocycles. The van der Waals surface area contributed by atoms with E-state index in [0.717, 1.165) is 22.5 Å². The van der Waals surface area contributed by atoms with Gasteiger partial charge < -0.3 is 14.8 Å². The Morgan fingerprint density at radius 1 is 0.943 bits per heavy atom. The Hall–Kier alpha value is -3.78. The van der Waals surface area contributed by atoms with E-state index >= 15 is 0 Å². The summed E-state index contributed by atoms with van der Waals surface area (Å²) in [6, 6.07) is 23.2. The summed E-state index contributed by atoms with van der Waals surface area (Å²) in [6.07, 6.45) is 0. The van der Waals surface area contributed by atoms with Gasteiger partial charge in [-0.05, 0) is 56.2 Å². The molecule has 7 nitrogen and oxygen atoms in total. The quantitative estimate of drug-likeness (QED) is 0.310. The van der Waals surface area contributed by atoms with Crippen molar-refractivity contribution in [3.63, 3.8) is 0 Å². The predicted octanol–water partition coefficient (Wildman–Crippen LogP) is 5.59. The van der Waals surface area contributed by atoms with Gasteiger partial charge in [-0.25, -0.2) is 0 Å². The number of para-hydroxylation sites is 4. The Labute approximate surface area is 209 Å². The van der Waals surface area contributed by atoms with E-state index < -0.39 is 5.25 Å². The number of aromatic nitrogens is 3. The number of carbonyl (C=O) groups is 1. The number of methoxy groups -OCH3 is 1. The van der Waals surface area contributed by atoms with Gasteiger partial charge in [0.1, 0.15) is 6.61 Å². The number of rotatable bonds is 9. The second-order valence-electron chi connectivity index (χ2n) is 8.03. The average Bonchev–Trinajstić information content (AvgIpc) is 3.27. The fourth-order valence-electron chi connectivity index (χ4n) is 3.63. The zero-order valence-electron chi connectivity index (χ0n) is 20.2. The maximum absolute atomic E-state index is 13.0. The van der Waals surface area contributed by atoms with Crippen LogP contribution in [0.4, 0.5) is 5.69 Å². The summed E-state index contributed by atoms with van der Waals surface area (Å²) in [7, 11) is 1.61. The number of carbonyl (C=O) groups excluding carboxylic acids is 1. The molecular weight excluding hydrogens is 460 g/mol. The third kappa shape index (κ3) is 5.66. The van der Waals surface area contributed by atoms with Crippen LogP contribution in [0.3, 0.4) is 0 Å². The standard InChI is InChI=1S/C27H28N4O3S/c1-18-11-10-12-19(2)25(18)28-26(32)20(3)35-27-30-29-24(31(27)21-13-6-5-7-14-21)17-34-23-16-9-8-15-22(23)33-4/h5-16,20H,17H2,1-4H3,(H,28,32)/t20-/m1/s1. The van der Waals surface area contributed by atoms with Crippen molar-refractivity contribution in [2.24, 2.45) is 0 Å². The lowest BCUT2D eigenvalue weighted by atomic mass is 10.1. The molecule has 0 bridgehead atoms. The number of hydrogen-bond acceptors (Lipinski definition) is 6. The van der Waals surface area contributed by atoms with Gasteiger partial charge >= 0.3 is 0 Å². The monoisotopic (exact) mass is 488 g/mol. The summed E-state index contributed by atoms with van der Waals surface area (Å²) in [6.45, 7) is 6.02. The largest absolute Gasteiger partial charge is 0.493 e. The summed E-state index contributed by atoms with van der Waals surface area (Å²) in [5, 5.41) is 12.1. The van der Waals surface area contributed by atoms with Crippen LogP contribution in [0, 0.1) is 13.8 Å². The number of amides is 1. The zero-order chi connectivity index (χ0) is 24.8. The molecule has 0 spiro atoms. The first kappa shape index (κ1) is 24.3. The van der Waals surface area contributed by atoms with E-state index in [0.29, 0.717) is 22.5 Å². The summed E-state index contributed by atoms with van der Waals surface area (Å²) in [4.78, 5) is 13.0. The molecule has 0 radical (unpaired) electrons. The van der Waals surface area contributed by atoms with Crippen molar-refractivity contribution < 1.29 is 14.3 Å². The predicted molar refractivity (Wildman–Crippen MR) is 139 cm³/mol. The molecule has 3 aromatic carbocycles. The molecule has 1 N–H and O–H groups in total. The van der Waals surface area contributed by atoms with E-state index in [1.165, 1.54) is 11.8 Å². The van der Waals surface area contributed by atoms with Crippen molar-refractivity contribution in [1.29, 1.82) is 0 Å². The lowest BCUT2D eigenvalue weighted by molar-refractivity contribution is -0.115. The number of thioether (sulfide) groups is 1. The summed E-state index contributed by atoms with van der Waals surface area (Å²) in [5.41, 5.74) is 3.79. The average molecular weight is 489 g/mol. The minimum Gasteiger partial charge on any atom is -0.493 e. The van der Waals surface area contributed by atoms with Crippen molar-refractivity contribution in [2.45, 2.75) is 37.8 Å². The third-order valence-corrected chi connectivity index (χ3v) is 6.56. The molecule has 8 heteroatoms. The Morgan fingerprint density at radius 2 is 1.60 bits per heavy atom. The summed E-state index contributed by atoms with van der Waals surface area (Å²) >= 11 is 1.35. The zero-order valence-corrected chi connectivity index (χ0v) is 21.0. The smallest absolute Gasteiger partial charge is 0.237 e. The molecule has 0 fully saturated rings. The van der Waals surface area contributed by atoms with Crippen LogP contribution in [0.25, 0.3) is 5.69 Å². The van der Waals surface area contributed by atoms with Crippen LogP contribution < -0.4 is 14.8 Å². The topological polar surface area (TPSA) is 78.3 Å². The van der Waals surface area contributed by atoms with Gasteiger partial charge in [-0.15, -0.1) is 10.2 Å². The van der Waals surface area contributed by atoms with Crippen molar-refractivity contribution in [3.8, 4) is 17.2 Å². The molecule has 0 aliphatic heterocycles. The Kier molecular flexibility index (Phi) is 7.72. The van der Waals surface area contributed by atoms with Crippen LogP contribution >= 0.6 is 11.8 Å². The molecule has 0 aliphatic carbocycles. The highest BCUT2D eigenvalue weighted by Crippen LogP contribution is 2.30. The van der Waals surface area contributed by atoms with E-state index in [4.69, 9.17) is 9.47 Å². The van der Waals surface area contributed by atoms with Crippen molar-refractivity contribution in [3.05, 3.63) is 89.7 Å². The van der Waals surface area contributed by atoms with E-state index in [1.807, 2.05) is 98.1 Å². The van der Waals surface area contributed by atoms with Crippen LogP contribution in [0.5, 0.6) is 11.5 Å². The van der Waals surface area contributed by atoms with Crippen LogP contribution in [-0.2, 0) is 11.4 Å². The minimum absolute atomic E-state index is 0.0955. The first-order chi connectivity index (χ1) is 17.0. The summed E-state index contributed by atoms with van der Waals surface area (Å²) in [5.74, 6) is 1.78. The second-order valence-corrected chi connectivity index (χ2v) is 9.33. The fraction of sp³-hybridized carbons (Fsp3) is 0.222. The van der Waals surface area contributed by atoms with E-state index in [2.05, 4.69) is 15.5 Å². The maximum Gasteiger partial charge on any atom is 0.237 e. The number of hydrogen-bond donors (Lipinski definition) is 1. The van der Waals surface area contributed by atoms with Gasteiger partial charge in [-0.2, -0.15) is 0 Å². The highest BCUT2D eigenvalue weighted by molar-refractivity contribution is 8.00. The molecule has 35 heavy (non-hydrogen) atoms. The summed E-state index contributed by atoms with van der Waals surface area (Å²) < 4.78 is 13.3. The van der Waals surface area contributed by atoms with E-state index in [1.54, 1.807) is 7.11 Å². The van der Waals surface area contributed by atoms with E-state index in [-0.39, 0.29) is 12.5 Å². The number of ether oxygens (including phenoxy) is 2. The highest BCUT2D eigenvalue weighted by Gasteiger charge is 2.22. The number of anilines is 1. The molecule has 0 saturated carbocycles. The first-order valence-corrected chi connectivity index (χ1v) is 12.1. The van der Waals surface area contributed by atoms with Gasteiger partial charge in [0.2, 0.25) is 5.91 Å². The first-order valence-electron chi connectivity index (χ1n) is 11.3. The third-order valence-electron chi connectivity index (χ3n) is 5.52. The minimum atomic E-state index is -0.399. The van der Waals surface area contributed by atoms with Gasteiger partial charge in [-0.1, -0.05) is 60.3 Å². The fourth-order valence-corrected chi connectivity index (χ4v) is 4.52. The molecular formula is C27H28N4O3S. The number of nitrogens with one attached hydrogen (secondary N) is 1. The SMILES string of the molecule is COc1ccccc1OCc1nnc(S[C@H](C)C(=O)Nc2c(C)cccc2C)n1-c1ccccc1. The van der Waals surface area contributed by atoms with Gasteiger partial charge in [0, 0.05) is 11.4 Å². The van der Waals surface area contributed by atoms with Crippen molar-refractivity contribution in [1.82, 2.24) is 14.8 Å². The molecule has 0 aliphatic rings. The molecule has 0 unspecified atom stereocenters. The Bertz CT molecular complexity index is 1290. The van der Waals surface area contributed by atoms with Crippen LogP contribution in [0.15, 0.2) is 78.0 Å². The van der Waals surface area contributed by atoms with Gasteiger partial charge in [-0.3, -0.25) is 9.36 Å². The van der Waals surface area contributed by atoms with Gasteiger partial charge in [0.25, 0.3) is 0 Å². The molecule has 1 heterocycles. The number of aryl methyl sites for hydroxylation is 2. The molecule has 1 atom stereocenters. The molecule has 180 valence electrons. The van der Waals surface area contributed by atoms with Crippen molar-refractivity contribution >= 4 is 23.4 Å². The highest BCUT2D eigenvalue weighted by atomic mass is 32.2. The lowest BCUT2D eigenvalue weighted by Gasteiger charge is -2.16. The molecule has 1 aromatic heterocycles. The van der Waals surface area contributed by atoms with Crippen LogP contribution in [-0.4, -0.2) is 33.0 Å². The van der Waals surface area contributed by atoms with Crippen LogP contribution in [0.1, 0.15) is 23.9 Å². The van der Waals surface area contributed by atoms with Crippen LogP contribution in [0.2, 0.25) is 0 Å². The van der Waals surface area contributed by atoms with Crippen molar-refractivity contribution in [2.75, 3.05) is 12.4 Å². The normalized spacial score (nSPS) is 11.7. The molecule has 4 aromatic rings. The molecule has 4 rings (SSSR count). The number of benzene rings is 3. The Balaban J connectivity index is 1.56. The molecule has 1 amide bonds. The van der Waals surface area contributed by atoms with Gasteiger partial charge in [0.05, 0.1) is 12.4 Å².